The van der Waals surface area contributed by atoms with Gasteiger partial charge < -0.3 is 18.9 Å². The Balaban J connectivity index is 1.84. The molecule has 2 aromatic carbocycles. The highest BCUT2D eigenvalue weighted by molar-refractivity contribution is 6.06. The maximum atomic E-state index is 13.7. The van der Waals surface area contributed by atoms with Gasteiger partial charge in [-0.1, -0.05) is 6.08 Å². The van der Waals surface area contributed by atoms with Crippen molar-refractivity contribution in [3.05, 3.63) is 53.4 Å². The Hall–Kier alpha value is -3.02. The van der Waals surface area contributed by atoms with E-state index in [2.05, 4.69) is 0 Å². The van der Waals surface area contributed by atoms with Gasteiger partial charge in [-0.3, -0.25) is 4.79 Å². The molecule has 1 aliphatic heterocycles. The van der Waals surface area contributed by atoms with Crippen molar-refractivity contribution < 1.29 is 28.1 Å². The van der Waals surface area contributed by atoms with Crippen molar-refractivity contribution in [2.24, 2.45) is 0 Å². The number of benzene rings is 2. The molecule has 130 valence electrons. The second-order valence-electron chi connectivity index (χ2n) is 5.29. The molecule has 0 aromatic heterocycles. The van der Waals surface area contributed by atoms with Crippen LogP contribution in [-0.4, -0.2) is 33.2 Å². The van der Waals surface area contributed by atoms with Gasteiger partial charge in [0.15, 0.2) is 28.8 Å². The summed E-state index contributed by atoms with van der Waals surface area (Å²) in [5.41, 5.74) is 0.947. The molecule has 1 heterocycles. The van der Waals surface area contributed by atoms with Crippen molar-refractivity contribution in [1.82, 2.24) is 0 Å². The molecule has 0 fully saturated rings. The van der Waals surface area contributed by atoms with Crippen molar-refractivity contribution in [3.63, 3.8) is 0 Å². The highest BCUT2D eigenvalue weighted by Gasteiger charge is 2.18. The molecule has 5 nitrogen and oxygen atoms in total. The minimum Gasteiger partial charge on any atom is -0.494 e. The molecule has 0 unspecified atom stereocenters. The summed E-state index contributed by atoms with van der Waals surface area (Å²) in [6.45, 7) is 0.910. The maximum Gasteiger partial charge on any atom is 0.203 e. The average Bonchev–Trinajstić information content (AvgIpc) is 2.65. The Morgan fingerprint density at radius 3 is 2.56 bits per heavy atom. The molecule has 25 heavy (non-hydrogen) atoms. The molecule has 0 spiro atoms. The summed E-state index contributed by atoms with van der Waals surface area (Å²) in [7, 11) is 2.90. The van der Waals surface area contributed by atoms with E-state index in [4.69, 9.17) is 18.9 Å². The van der Waals surface area contributed by atoms with Gasteiger partial charge in [-0.05, 0) is 42.0 Å². The van der Waals surface area contributed by atoms with Crippen LogP contribution in [0.4, 0.5) is 4.39 Å². The fourth-order valence-corrected chi connectivity index (χ4v) is 2.48. The molecular weight excluding hydrogens is 327 g/mol. The first-order valence-corrected chi connectivity index (χ1v) is 7.66. The third-order valence-electron chi connectivity index (χ3n) is 3.71. The first-order chi connectivity index (χ1) is 12.1. The first-order valence-electron chi connectivity index (χ1n) is 7.66. The van der Waals surface area contributed by atoms with E-state index < -0.39 is 5.82 Å². The second-order valence-corrected chi connectivity index (χ2v) is 5.29. The number of carbonyl (C=O) groups excluding carboxylic acids is 1. The van der Waals surface area contributed by atoms with Gasteiger partial charge in [0.1, 0.15) is 13.2 Å². The molecule has 0 bridgehead atoms. The lowest BCUT2D eigenvalue weighted by atomic mass is 10.1. The van der Waals surface area contributed by atoms with Crippen LogP contribution in [0.15, 0.2) is 36.4 Å². The van der Waals surface area contributed by atoms with E-state index in [-0.39, 0.29) is 17.1 Å². The van der Waals surface area contributed by atoms with E-state index in [1.165, 1.54) is 32.4 Å². The number of rotatable bonds is 5. The second kappa shape index (κ2) is 7.25. The lowest BCUT2D eigenvalue weighted by molar-refractivity contribution is 0.104. The van der Waals surface area contributed by atoms with Crippen molar-refractivity contribution in [1.29, 1.82) is 0 Å². The van der Waals surface area contributed by atoms with Crippen LogP contribution in [0.2, 0.25) is 0 Å². The van der Waals surface area contributed by atoms with Gasteiger partial charge in [-0.15, -0.1) is 0 Å². The van der Waals surface area contributed by atoms with Gasteiger partial charge in [0.05, 0.1) is 14.2 Å². The molecule has 0 atom stereocenters. The Morgan fingerprint density at radius 1 is 1.08 bits per heavy atom. The fraction of sp³-hybridized carbons (Fsp3) is 0.211. The summed E-state index contributed by atoms with van der Waals surface area (Å²) >= 11 is 0. The number of halogens is 1. The van der Waals surface area contributed by atoms with Gasteiger partial charge in [0.2, 0.25) is 5.75 Å². The number of ketones is 1. The normalized spacial score (nSPS) is 12.9. The lowest BCUT2D eigenvalue weighted by Crippen LogP contribution is -2.16. The molecule has 0 aliphatic carbocycles. The molecule has 0 radical (unpaired) electrons. The van der Waals surface area contributed by atoms with E-state index in [0.717, 1.165) is 6.07 Å². The third kappa shape index (κ3) is 3.57. The highest BCUT2D eigenvalue weighted by atomic mass is 19.1. The van der Waals surface area contributed by atoms with Crippen LogP contribution in [0, 0.1) is 5.82 Å². The van der Waals surface area contributed by atoms with Gasteiger partial charge >= 0.3 is 0 Å². The maximum absolute atomic E-state index is 13.7. The zero-order valence-electron chi connectivity index (χ0n) is 13.9. The van der Waals surface area contributed by atoms with Crippen molar-refractivity contribution >= 4 is 11.9 Å². The summed E-state index contributed by atoms with van der Waals surface area (Å²) in [5, 5.41) is 0. The quantitative estimate of drug-likeness (QED) is 0.614. The van der Waals surface area contributed by atoms with E-state index in [9.17, 15) is 9.18 Å². The number of carbonyl (C=O) groups is 1. The Kier molecular flexibility index (Phi) is 4.88. The van der Waals surface area contributed by atoms with Crippen LogP contribution in [-0.2, 0) is 0 Å². The SMILES string of the molecule is COc1ccc(C(=O)/C=C/c2cc(OC)c3c(c2)OCCO3)cc1F. The summed E-state index contributed by atoms with van der Waals surface area (Å²) in [5.74, 6) is 0.831. The summed E-state index contributed by atoms with van der Waals surface area (Å²) in [6.07, 6.45) is 2.98. The number of hydrogen-bond donors (Lipinski definition) is 0. The molecule has 0 saturated heterocycles. The number of methoxy groups -OCH3 is 2. The smallest absolute Gasteiger partial charge is 0.203 e. The predicted molar refractivity (Wildman–Crippen MR) is 90.3 cm³/mol. The highest BCUT2D eigenvalue weighted by Crippen LogP contribution is 2.40. The first kappa shape index (κ1) is 16.8. The number of hydrogen-bond acceptors (Lipinski definition) is 5. The summed E-state index contributed by atoms with van der Waals surface area (Å²) in [6, 6.07) is 7.58. The molecule has 3 rings (SSSR count). The molecular formula is C19H17FO5. The fourth-order valence-electron chi connectivity index (χ4n) is 2.48. The molecule has 1 aliphatic rings. The van der Waals surface area contributed by atoms with E-state index in [1.807, 2.05) is 0 Å². The average molecular weight is 344 g/mol. The monoisotopic (exact) mass is 344 g/mol. The van der Waals surface area contributed by atoms with Crippen LogP contribution in [0.25, 0.3) is 6.08 Å². The van der Waals surface area contributed by atoms with Crippen molar-refractivity contribution in [2.75, 3.05) is 27.4 Å². The minimum absolute atomic E-state index is 0.0945. The molecule has 0 saturated carbocycles. The van der Waals surface area contributed by atoms with Crippen LogP contribution in [0.3, 0.4) is 0 Å². The topological polar surface area (TPSA) is 54.0 Å². The van der Waals surface area contributed by atoms with Crippen LogP contribution >= 0.6 is 0 Å². The Bertz CT molecular complexity index is 812. The van der Waals surface area contributed by atoms with Crippen LogP contribution in [0.5, 0.6) is 23.0 Å². The van der Waals surface area contributed by atoms with Gasteiger partial charge in [0, 0.05) is 5.56 Å². The van der Waals surface area contributed by atoms with E-state index >= 15 is 0 Å². The predicted octanol–water partition coefficient (Wildman–Crippen LogP) is 3.51. The van der Waals surface area contributed by atoms with Gasteiger partial charge in [0.25, 0.3) is 0 Å². The molecule has 2 aromatic rings. The number of ether oxygens (including phenoxy) is 4. The van der Waals surface area contributed by atoms with E-state index in [1.54, 1.807) is 18.2 Å². The number of fused-ring (bicyclic) bond motifs is 1. The molecule has 0 amide bonds. The van der Waals surface area contributed by atoms with Crippen molar-refractivity contribution in [2.45, 2.75) is 0 Å². The molecule has 0 N–H and O–H groups in total. The van der Waals surface area contributed by atoms with Crippen molar-refractivity contribution in [3.8, 4) is 23.0 Å². The van der Waals surface area contributed by atoms with Crippen LogP contribution in [0.1, 0.15) is 15.9 Å². The summed E-state index contributed by atoms with van der Waals surface area (Å²) < 4.78 is 34.9. The van der Waals surface area contributed by atoms with Crippen LogP contribution < -0.4 is 18.9 Å². The zero-order valence-corrected chi connectivity index (χ0v) is 13.9. The minimum atomic E-state index is -0.581. The standard InChI is InChI=1S/C19H17FO5/c1-22-16-6-4-13(11-14(16)20)15(21)5-3-12-9-17(23-2)19-18(10-12)24-7-8-25-19/h3-6,9-11H,7-8H2,1-2H3/b5-3+. The number of allylic oxidation sites excluding steroid dienone is 1. The molecule has 6 heteroatoms. The third-order valence-corrected chi connectivity index (χ3v) is 3.71. The van der Waals surface area contributed by atoms with E-state index in [0.29, 0.717) is 36.0 Å². The Labute approximate surface area is 144 Å². The van der Waals surface area contributed by atoms with Gasteiger partial charge in [-0.25, -0.2) is 4.39 Å². The summed E-state index contributed by atoms with van der Waals surface area (Å²) in [4.78, 5) is 12.2. The zero-order chi connectivity index (χ0) is 17.8. The largest absolute Gasteiger partial charge is 0.494 e. The van der Waals surface area contributed by atoms with Gasteiger partial charge in [-0.2, -0.15) is 0 Å². The lowest BCUT2D eigenvalue weighted by Gasteiger charge is -2.20. The Morgan fingerprint density at radius 2 is 1.84 bits per heavy atom.